The van der Waals surface area contributed by atoms with Crippen LogP contribution in [-0.2, 0) is 14.4 Å². The smallest absolute Gasteiger partial charge is 0.328 e. The number of carbonyl (C=O) groups is 4. The van der Waals surface area contributed by atoms with Gasteiger partial charge in [0.25, 0.3) is 11.8 Å². The zero-order valence-electron chi connectivity index (χ0n) is 12.5. The van der Waals surface area contributed by atoms with E-state index in [4.69, 9.17) is 5.11 Å². The van der Waals surface area contributed by atoms with Crippen molar-refractivity contribution in [1.29, 1.82) is 0 Å². The largest absolute Gasteiger partial charge is 0.478 e. The van der Waals surface area contributed by atoms with Crippen LogP contribution in [0.3, 0.4) is 0 Å². The Morgan fingerprint density at radius 2 is 1.70 bits per heavy atom. The summed E-state index contributed by atoms with van der Waals surface area (Å²) >= 11 is 0. The molecule has 0 aliphatic heterocycles. The highest BCUT2D eigenvalue weighted by atomic mass is 16.4. The summed E-state index contributed by atoms with van der Waals surface area (Å²) in [5, 5.41) is 11.0. The molecule has 23 heavy (non-hydrogen) atoms. The van der Waals surface area contributed by atoms with Crippen LogP contribution >= 0.6 is 0 Å². The number of nitrogens with one attached hydrogen (secondary N) is 3. The van der Waals surface area contributed by atoms with E-state index < -0.39 is 17.8 Å². The van der Waals surface area contributed by atoms with Crippen LogP contribution in [0.1, 0.15) is 30.1 Å². The normalized spacial score (nSPS) is 10.1. The van der Waals surface area contributed by atoms with Gasteiger partial charge < -0.3 is 10.4 Å². The summed E-state index contributed by atoms with van der Waals surface area (Å²) in [7, 11) is 0. The molecule has 0 saturated carbocycles. The number of anilines is 1. The Hall–Kier alpha value is -3.16. The Bertz CT molecular complexity index is 623. The number of rotatable bonds is 6. The Labute approximate surface area is 132 Å². The Balaban J connectivity index is 2.52. The molecule has 0 atom stereocenters. The van der Waals surface area contributed by atoms with Crippen molar-refractivity contribution in [3.8, 4) is 0 Å². The average molecular weight is 319 g/mol. The predicted octanol–water partition coefficient (Wildman–Crippen LogP) is 0.827. The van der Waals surface area contributed by atoms with Gasteiger partial charge in [-0.2, -0.15) is 0 Å². The van der Waals surface area contributed by atoms with Crippen molar-refractivity contribution in [2.24, 2.45) is 0 Å². The van der Waals surface area contributed by atoms with Gasteiger partial charge in [-0.3, -0.25) is 25.2 Å². The SMILES string of the molecule is CCCC(=O)Nc1ccc(C(=O)NNC(=O)C=CC(=O)O)cc1. The molecular weight excluding hydrogens is 302 g/mol. The fraction of sp³-hybridized carbons (Fsp3) is 0.200. The van der Waals surface area contributed by atoms with Crippen molar-refractivity contribution >= 4 is 29.4 Å². The minimum absolute atomic E-state index is 0.109. The molecule has 0 bridgehead atoms. The van der Waals surface area contributed by atoms with Crippen LogP contribution in [0.4, 0.5) is 5.69 Å². The maximum atomic E-state index is 11.8. The summed E-state index contributed by atoms with van der Waals surface area (Å²) in [6.07, 6.45) is 2.57. The molecule has 0 unspecified atom stereocenters. The van der Waals surface area contributed by atoms with Crippen molar-refractivity contribution in [2.75, 3.05) is 5.32 Å². The number of aliphatic carboxylic acids is 1. The number of benzene rings is 1. The third-order valence-electron chi connectivity index (χ3n) is 2.58. The fourth-order valence-corrected chi connectivity index (χ4v) is 1.53. The van der Waals surface area contributed by atoms with Gasteiger partial charge in [-0.1, -0.05) is 6.92 Å². The van der Waals surface area contributed by atoms with E-state index in [9.17, 15) is 19.2 Å². The Morgan fingerprint density at radius 1 is 1.04 bits per heavy atom. The molecule has 1 aromatic rings. The van der Waals surface area contributed by atoms with Gasteiger partial charge in [0.2, 0.25) is 5.91 Å². The van der Waals surface area contributed by atoms with Crippen molar-refractivity contribution < 1.29 is 24.3 Å². The van der Waals surface area contributed by atoms with Gasteiger partial charge in [-0.25, -0.2) is 4.79 Å². The quantitative estimate of drug-likeness (QED) is 0.456. The summed E-state index contributed by atoms with van der Waals surface area (Å²) in [6.45, 7) is 1.90. The fourth-order valence-electron chi connectivity index (χ4n) is 1.53. The van der Waals surface area contributed by atoms with Crippen LogP contribution in [0.25, 0.3) is 0 Å². The summed E-state index contributed by atoms with van der Waals surface area (Å²) < 4.78 is 0. The van der Waals surface area contributed by atoms with Crippen LogP contribution in [0.2, 0.25) is 0 Å². The van der Waals surface area contributed by atoms with Crippen LogP contribution in [0.15, 0.2) is 36.4 Å². The number of carboxylic acids is 1. The molecule has 0 spiro atoms. The molecule has 1 aromatic carbocycles. The first-order chi connectivity index (χ1) is 10.9. The zero-order valence-corrected chi connectivity index (χ0v) is 12.5. The van der Waals surface area contributed by atoms with E-state index in [2.05, 4.69) is 10.7 Å². The predicted molar refractivity (Wildman–Crippen MR) is 82.4 cm³/mol. The molecule has 0 aliphatic rings. The number of hydrazine groups is 1. The van der Waals surface area contributed by atoms with Gasteiger partial charge in [-0.15, -0.1) is 0 Å². The molecule has 1 rings (SSSR count). The number of hydrogen-bond acceptors (Lipinski definition) is 4. The van der Waals surface area contributed by atoms with Crippen molar-refractivity contribution in [3.05, 3.63) is 42.0 Å². The number of hydrogen-bond donors (Lipinski definition) is 4. The highest BCUT2D eigenvalue weighted by Crippen LogP contribution is 2.10. The molecule has 3 amide bonds. The average Bonchev–Trinajstić information content (AvgIpc) is 2.51. The number of amides is 3. The lowest BCUT2D eigenvalue weighted by Crippen LogP contribution is -2.40. The molecule has 8 nitrogen and oxygen atoms in total. The molecule has 8 heteroatoms. The minimum atomic E-state index is -1.27. The lowest BCUT2D eigenvalue weighted by molar-refractivity contribution is -0.131. The summed E-state index contributed by atoms with van der Waals surface area (Å²) in [5.74, 6) is -2.73. The standard InChI is InChI=1S/C15H17N3O5/c1-2-3-12(19)16-11-6-4-10(5-7-11)15(23)18-17-13(20)8-9-14(21)22/h4-9H,2-3H2,1H3,(H,16,19)(H,17,20)(H,18,23)(H,21,22). The second kappa shape index (κ2) is 8.98. The topological polar surface area (TPSA) is 125 Å². The number of carbonyl (C=O) groups excluding carboxylic acids is 3. The van der Waals surface area contributed by atoms with E-state index >= 15 is 0 Å². The molecule has 0 heterocycles. The van der Waals surface area contributed by atoms with Crippen LogP contribution in [0.5, 0.6) is 0 Å². The lowest BCUT2D eigenvalue weighted by Gasteiger charge is -2.07. The van der Waals surface area contributed by atoms with E-state index in [1.54, 1.807) is 12.1 Å². The first-order valence-corrected chi connectivity index (χ1v) is 6.83. The summed E-state index contributed by atoms with van der Waals surface area (Å²) in [5.41, 5.74) is 5.00. The second-order valence-electron chi connectivity index (χ2n) is 4.49. The van der Waals surface area contributed by atoms with Gasteiger partial charge in [0, 0.05) is 29.8 Å². The highest BCUT2D eigenvalue weighted by Gasteiger charge is 2.07. The van der Waals surface area contributed by atoms with Crippen LogP contribution < -0.4 is 16.2 Å². The maximum Gasteiger partial charge on any atom is 0.328 e. The molecule has 0 saturated heterocycles. The third-order valence-corrected chi connectivity index (χ3v) is 2.58. The Kier molecular flexibility index (Phi) is 6.99. The molecule has 4 N–H and O–H groups in total. The van der Waals surface area contributed by atoms with E-state index in [-0.39, 0.29) is 11.5 Å². The molecule has 0 aliphatic carbocycles. The molecule has 0 fully saturated rings. The van der Waals surface area contributed by atoms with Crippen LogP contribution in [0, 0.1) is 0 Å². The van der Waals surface area contributed by atoms with Crippen molar-refractivity contribution in [1.82, 2.24) is 10.9 Å². The molecule has 122 valence electrons. The van der Waals surface area contributed by atoms with E-state index in [1.807, 2.05) is 12.3 Å². The Morgan fingerprint density at radius 3 is 2.26 bits per heavy atom. The maximum absolute atomic E-state index is 11.8. The van der Waals surface area contributed by atoms with Crippen molar-refractivity contribution in [3.63, 3.8) is 0 Å². The zero-order chi connectivity index (χ0) is 17.2. The first-order valence-electron chi connectivity index (χ1n) is 6.83. The van der Waals surface area contributed by atoms with Gasteiger partial charge >= 0.3 is 5.97 Å². The third kappa shape index (κ3) is 6.89. The van der Waals surface area contributed by atoms with E-state index in [1.165, 1.54) is 12.1 Å². The number of carboxylic acid groups (broad SMARTS) is 1. The highest BCUT2D eigenvalue weighted by molar-refractivity contribution is 5.99. The summed E-state index contributed by atoms with van der Waals surface area (Å²) in [4.78, 5) is 44.6. The minimum Gasteiger partial charge on any atom is -0.478 e. The van der Waals surface area contributed by atoms with Gasteiger partial charge in [0.05, 0.1) is 0 Å². The molecule has 0 radical (unpaired) electrons. The summed E-state index contributed by atoms with van der Waals surface area (Å²) in [6, 6.07) is 6.09. The first kappa shape index (κ1) is 17.9. The van der Waals surface area contributed by atoms with Gasteiger partial charge in [-0.05, 0) is 30.7 Å². The lowest BCUT2D eigenvalue weighted by atomic mass is 10.2. The van der Waals surface area contributed by atoms with Gasteiger partial charge in [0.15, 0.2) is 0 Å². The second-order valence-corrected chi connectivity index (χ2v) is 4.49. The van der Waals surface area contributed by atoms with Crippen LogP contribution in [-0.4, -0.2) is 28.8 Å². The molecular formula is C15H17N3O5. The van der Waals surface area contributed by atoms with E-state index in [0.717, 1.165) is 12.5 Å². The van der Waals surface area contributed by atoms with Crippen molar-refractivity contribution in [2.45, 2.75) is 19.8 Å². The molecule has 0 aromatic heterocycles. The van der Waals surface area contributed by atoms with Gasteiger partial charge in [0.1, 0.15) is 0 Å². The van der Waals surface area contributed by atoms with E-state index in [0.29, 0.717) is 18.2 Å². The monoisotopic (exact) mass is 319 g/mol.